The number of esters is 1. The van der Waals surface area contributed by atoms with Gasteiger partial charge in [-0.2, -0.15) is 0 Å². The highest BCUT2D eigenvalue weighted by Crippen LogP contribution is 2.23. The van der Waals surface area contributed by atoms with Gasteiger partial charge in [-0.15, -0.1) is 0 Å². The van der Waals surface area contributed by atoms with E-state index in [-0.39, 0.29) is 37.1 Å². The number of fused-ring (bicyclic) bond motifs is 2. The van der Waals surface area contributed by atoms with Crippen molar-refractivity contribution in [2.24, 2.45) is 0 Å². The first-order valence-corrected chi connectivity index (χ1v) is 10.5. The molecule has 1 atom stereocenters. The Morgan fingerprint density at radius 1 is 0.968 bits per heavy atom. The van der Waals surface area contributed by atoms with Crippen LogP contribution in [0, 0.1) is 0 Å². The zero-order valence-corrected chi connectivity index (χ0v) is 17.4. The molecule has 0 N–H and O–H groups in total. The second kappa shape index (κ2) is 8.71. The Morgan fingerprint density at radius 3 is 2.26 bits per heavy atom. The first-order chi connectivity index (χ1) is 15.0. The van der Waals surface area contributed by atoms with Crippen LogP contribution in [0.15, 0.2) is 48.5 Å². The van der Waals surface area contributed by atoms with Crippen LogP contribution in [0.4, 0.5) is 0 Å². The van der Waals surface area contributed by atoms with Gasteiger partial charge in [0, 0.05) is 26.1 Å². The molecule has 7 nitrogen and oxygen atoms in total. The third-order valence-electron chi connectivity index (χ3n) is 5.74. The van der Waals surface area contributed by atoms with E-state index in [1.807, 2.05) is 18.2 Å². The lowest BCUT2D eigenvalue weighted by Gasteiger charge is -2.30. The molecule has 0 bridgehead atoms. The molecule has 0 aliphatic carbocycles. The molecule has 3 amide bonds. The van der Waals surface area contributed by atoms with Crippen LogP contribution in [0.2, 0.25) is 0 Å². The molecule has 0 radical (unpaired) electrons. The average Bonchev–Trinajstić information content (AvgIpc) is 3.03. The second-order valence-corrected chi connectivity index (χ2v) is 7.82. The lowest BCUT2D eigenvalue weighted by molar-refractivity contribution is -0.159. The van der Waals surface area contributed by atoms with Crippen LogP contribution in [-0.2, 0) is 27.3 Å². The van der Waals surface area contributed by atoms with Crippen molar-refractivity contribution in [3.63, 3.8) is 0 Å². The molecule has 2 aromatic carbocycles. The van der Waals surface area contributed by atoms with E-state index in [1.165, 1.54) is 5.56 Å². The molecule has 31 heavy (non-hydrogen) atoms. The number of ether oxygens (including phenoxy) is 1. The van der Waals surface area contributed by atoms with Crippen LogP contribution in [0.1, 0.15) is 51.6 Å². The third kappa shape index (κ3) is 4.21. The minimum absolute atomic E-state index is 0.0217. The van der Waals surface area contributed by atoms with Crippen LogP contribution in [-0.4, -0.2) is 52.7 Å². The van der Waals surface area contributed by atoms with E-state index >= 15 is 0 Å². The Balaban J connectivity index is 1.24. The summed E-state index contributed by atoms with van der Waals surface area (Å²) >= 11 is 0. The topological polar surface area (TPSA) is 84.0 Å². The number of nitrogens with zero attached hydrogens (tertiary/aromatic N) is 2. The minimum atomic E-state index is -0.878. The maximum Gasteiger partial charge on any atom is 0.306 e. The van der Waals surface area contributed by atoms with E-state index in [0.717, 1.165) is 16.9 Å². The van der Waals surface area contributed by atoms with Crippen molar-refractivity contribution < 1.29 is 23.9 Å². The molecule has 2 aliphatic heterocycles. The Hall–Kier alpha value is -3.48. The summed E-state index contributed by atoms with van der Waals surface area (Å²) in [6, 6.07) is 14.7. The van der Waals surface area contributed by atoms with Crippen molar-refractivity contribution in [1.82, 2.24) is 9.80 Å². The van der Waals surface area contributed by atoms with Gasteiger partial charge in [-0.25, -0.2) is 0 Å². The zero-order chi connectivity index (χ0) is 22.0. The van der Waals surface area contributed by atoms with Crippen LogP contribution < -0.4 is 0 Å². The van der Waals surface area contributed by atoms with Gasteiger partial charge in [0.1, 0.15) is 0 Å². The molecular weight excluding hydrogens is 396 g/mol. The number of benzene rings is 2. The Bertz CT molecular complexity index is 1010. The number of rotatable bonds is 6. The fourth-order valence-electron chi connectivity index (χ4n) is 4.07. The lowest BCUT2D eigenvalue weighted by atomic mass is 9.99. The second-order valence-electron chi connectivity index (χ2n) is 7.82. The Kier molecular flexibility index (Phi) is 5.84. The number of imide groups is 1. The molecule has 160 valence electrons. The molecule has 7 heteroatoms. The SMILES string of the molecule is C[C@H](OC(=O)CCCN1C(=O)c2ccccc2C1=O)C(=O)N1CCc2ccccc2C1. The summed E-state index contributed by atoms with van der Waals surface area (Å²) in [7, 11) is 0. The monoisotopic (exact) mass is 420 g/mol. The molecule has 4 rings (SSSR count). The van der Waals surface area contributed by atoms with Gasteiger partial charge in [0.15, 0.2) is 6.10 Å². The maximum atomic E-state index is 12.7. The summed E-state index contributed by atoms with van der Waals surface area (Å²) in [6.45, 7) is 2.81. The predicted octanol–water partition coefficient (Wildman–Crippen LogP) is 2.58. The first-order valence-electron chi connectivity index (χ1n) is 10.5. The largest absolute Gasteiger partial charge is 0.453 e. The van der Waals surface area contributed by atoms with Gasteiger partial charge in [-0.3, -0.25) is 24.1 Å². The van der Waals surface area contributed by atoms with Crippen molar-refractivity contribution in [3.8, 4) is 0 Å². The molecule has 2 aromatic rings. The van der Waals surface area contributed by atoms with E-state index in [4.69, 9.17) is 4.74 Å². The zero-order valence-electron chi connectivity index (χ0n) is 17.4. The third-order valence-corrected chi connectivity index (χ3v) is 5.74. The van der Waals surface area contributed by atoms with E-state index in [0.29, 0.717) is 24.2 Å². The minimum Gasteiger partial charge on any atom is -0.453 e. The average molecular weight is 420 g/mol. The van der Waals surface area contributed by atoms with Crippen molar-refractivity contribution >= 4 is 23.7 Å². The van der Waals surface area contributed by atoms with Crippen LogP contribution in [0.25, 0.3) is 0 Å². The molecule has 0 unspecified atom stereocenters. The fraction of sp³-hybridized carbons (Fsp3) is 0.333. The number of amides is 3. The molecular formula is C24H24N2O5. The molecule has 0 aromatic heterocycles. The predicted molar refractivity (Wildman–Crippen MR) is 112 cm³/mol. The van der Waals surface area contributed by atoms with Crippen molar-refractivity contribution in [3.05, 3.63) is 70.8 Å². The van der Waals surface area contributed by atoms with Gasteiger partial charge in [0.25, 0.3) is 17.7 Å². The lowest BCUT2D eigenvalue weighted by Crippen LogP contribution is -2.42. The highest BCUT2D eigenvalue weighted by atomic mass is 16.5. The summed E-state index contributed by atoms with van der Waals surface area (Å²) in [5.41, 5.74) is 3.13. The molecule has 0 spiro atoms. The molecule has 0 fully saturated rings. The van der Waals surface area contributed by atoms with Crippen LogP contribution >= 0.6 is 0 Å². The number of hydrogen-bond donors (Lipinski definition) is 0. The summed E-state index contributed by atoms with van der Waals surface area (Å²) in [4.78, 5) is 52.5. The number of carbonyl (C=O) groups is 4. The molecule has 0 saturated heterocycles. The van der Waals surface area contributed by atoms with Gasteiger partial charge in [-0.05, 0) is 43.0 Å². The molecule has 2 aliphatic rings. The number of hydrogen-bond acceptors (Lipinski definition) is 5. The number of carbonyl (C=O) groups excluding carboxylic acids is 4. The summed E-state index contributed by atoms with van der Waals surface area (Å²) in [5, 5.41) is 0. The van der Waals surface area contributed by atoms with Gasteiger partial charge < -0.3 is 9.64 Å². The maximum absolute atomic E-state index is 12.7. The molecule has 2 heterocycles. The van der Waals surface area contributed by atoms with E-state index in [1.54, 1.807) is 36.1 Å². The molecule has 0 saturated carbocycles. The quantitative estimate of drug-likeness (QED) is 0.530. The Labute approximate surface area is 180 Å². The van der Waals surface area contributed by atoms with Crippen molar-refractivity contribution in [1.29, 1.82) is 0 Å². The summed E-state index contributed by atoms with van der Waals surface area (Å²) < 4.78 is 5.32. The van der Waals surface area contributed by atoms with E-state index in [2.05, 4.69) is 6.07 Å². The van der Waals surface area contributed by atoms with Crippen LogP contribution in [0.3, 0.4) is 0 Å². The van der Waals surface area contributed by atoms with E-state index in [9.17, 15) is 19.2 Å². The standard InChI is InChI=1S/C24H24N2O5/c1-16(22(28)25-14-12-17-7-2-3-8-18(17)15-25)31-21(27)11-6-13-26-23(29)19-9-4-5-10-20(19)24(26)30/h2-5,7-10,16H,6,11-15H2,1H3/t16-/m0/s1. The van der Waals surface area contributed by atoms with Gasteiger partial charge in [-0.1, -0.05) is 36.4 Å². The summed E-state index contributed by atoms with van der Waals surface area (Å²) in [5.74, 6) is -1.43. The highest BCUT2D eigenvalue weighted by molar-refractivity contribution is 6.21. The highest BCUT2D eigenvalue weighted by Gasteiger charge is 2.34. The smallest absolute Gasteiger partial charge is 0.306 e. The Morgan fingerprint density at radius 2 is 1.58 bits per heavy atom. The van der Waals surface area contributed by atoms with Crippen molar-refractivity contribution in [2.75, 3.05) is 13.1 Å². The van der Waals surface area contributed by atoms with Gasteiger partial charge >= 0.3 is 5.97 Å². The van der Waals surface area contributed by atoms with Crippen LogP contribution in [0.5, 0.6) is 0 Å². The summed E-state index contributed by atoms with van der Waals surface area (Å²) in [6.07, 6.45) is 0.205. The first kappa shape index (κ1) is 20.8. The van der Waals surface area contributed by atoms with E-state index < -0.39 is 12.1 Å². The van der Waals surface area contributed by atoms with Crippen molar-refractivity contribution in [2.45, 2.75) is 38.8 Å². The normalized spacial score (nSPS) is 16.0. The van der Waals surface area contributed by atoms with Gasteiger partial charge in [0.05, 0.1) is 11.1 Å². The fourth-order valence-corrected chi connectivity index (χ4v) is 4.07. The van der Waals surface area contributed by atoms with Gasteiger partial charge in [0.2, 0.25) is 0 Å².